The number of Topliss-reactive ketones (excluding diaryl/α,β-unsaturated/α-hetero) is 1. The van der Waals surface area contributed by atoms with Gasteiger partial charge in [-0.25, -0.2) is 0 Å². The van der Waals surface area contributed by atoms with Gasteiger partial charge in [-0.2, -0.15) is 0 Å². The molecule has 0 spiro atoms. The maximum absolute atomic E-state index is 13.3. The van der Waals surface area contributed by atoms with Crippen LogP contribution in [-0.4, -0.2) is 42.7 Å². The Balaban J connectivity index is 1.64. The standard InChI is InChI=1S/C27H23NO7/c1-32-18-7-5-6-17(13-18)24-23(25(29)19-8-3-4-9-20(19)33-2)26(30)27(31)28(24)14-16-10-11-21-22(12-16)35-15-34-21/h3-13,24,29H,14-15H2,1-2H3/b25-23+. The van der Waals surface area contributed by atoms with Crippen molar-refractivity contribution in [3.05, 3.63) is 89.0 Å². The fourth-order valence-electron chi connectivity index (χ4n) is 4.42. The van der Waals surface area contributed by atoms with E-state index < -0.39 is 17.7 Å². The summed E-state index contributed by atoms with van der Waals surface area (Å²) in [5, 5.41) is 11.3. The Kier molecular flexibility index (Phi) is 5.78. The molecule has 3 aromatic rings. The average molecular weight is 473 g/mol. The fourth-order valence-corrected chi connectivity index (χ4v) is 4.42. The van der Waals surface area contributed by atoms with E-state index >= 15 is 0 Å². The van der Waals surface area contributed by atoms with Gasteiger partial charge in [0.15, 0.2) is 11.5 Å². The molecule has 1 N–H and O–H groups in total. The second-order valence-electron chi connectivity index (χ2n) is 8.09. The van der Waals surface area contributed by atoms with Crippen LogP contribution in [0, 0.1) is 0 Å². The van der Waals surface area contributed by atoms with Crippen LogP contribution in [-0.2, 0) is 16.1 Å². The zero-order valence-corrected chi connectivity index (χ0v) is 19.2. The highest BCUT2D eigenvalue weighted by atomic mass is 16.7. The van der Waals surface area contributed by atoms with Crippen LogP contribution in [0.25, 0.3) is 5.76 Å². The van der Waals surface area contributed by atoms with Gasteiger partial charge in [0.2, 0.25) is 6.79 Å². The fraction of sp³-hybridized carbons (Fsp3) is 0.185. The summed E-state index contributed by atoms with van der Waals surface area (Å²) in [5.74, 6) is 0.350. The number of ether oxygens (including phenoxy) is 4. The molecule has 1 unspecified atom stereocenters. The van der Waals surface area contributed by atoms with Gasteiger partial charge < -0.3 is 29.0 Å². The van der Waals surface area contributed by atoms with E-state index in [1.165, 1.54) is 19.1 Å². The topological polar surface area (TPSA) is 94.5 Å². The predicted octanol–water partition coefficient (Wildman–Crippen LogP) is 4.05. The number of carbonyl (C=O) groups is 2. The van der Waals surface area contributed by atoms with E-state index in [0.29, 0.717) is 34.1 Å². The molecule has 0 saturated carbocycles. The molecule has 8 heteroatoms. The third-order valence-corrected chi connectivity index (χ3v) is 6.10. The lowest BCUT2D eigenvalue weighted by atomic mass is 9.94. The van der Waals surface area contributed by atoms with Crippen LogP contribution in [0.1, 0.15) is 22.7 Å². The number of para-hydroxylation sites is 1. The van der Waals surface area contributed by atoms with E-state index in [4.69, 9.17) is 18.9 Å². The first-order chi connectivity index (χ1) is 17.0. The summed E-state index contributed by atoms with van der Waals surface area (Å²) in [7, 11) is 3.02. The van der Waals surface area contributed by atoms with Crippen molar-refractivity contribution in [3.8, 4) is 23.0 Å². The average Bonchev–Trinajstić information content (AvgIpc) is 3.46. The molecule has 1 fully saturated rings. The van der Waals surface area contributed by atoms with Crippen molar-refractivity contribution in [2.45, 2.75) is 12.6 Å². The third-order valence-electron chi connectivity index (χ3n) is 6.10. The second-order valence-corrected chi connectivity index (χ2v) is 8.09. The molecule has 1 atom stereocenters. The first-order valence-corrected chi connectivity index (χ1v) is 11.0. The van der Waals surface area contributed by atoms with Gasteiger partial charge in [-0.1, -0.05) is 30.3 Å². The van der Waals surface area contributed by atoms with Crippen molar-refractivity contribution in [2.75, 3.05) is 21.0 Å². The lowest BCUT2D eigenvalue weighted by Crippen LogP contribution is -2.29. The highest BCUT2D eigenvalue weighted by Crippen LogP contribution is 2.43. The smallest absolute Gasteiger partial charge is 0.295 e. The zero-order chi connectivity index (χ0) is 24.5. The van der Waals surface area contributed by atoms with Gasteiger partial charge in [-0.05, 0) is 47.5 Å². The number of ketones is 1. The first kappa shape index (κ1) is 22.3. The summed E-state index contributed by atoms with van der Waals surface area (Å²) >= 11 is 0. The lowest BCUT2D eigenvalue weighted by Gasteiger charge is -2.26. The van der Waals surface area contributed by atoms with Crippen LogP contribution >= 0.6 is 0 Å². The molecular formula is C27H23NO7. The number of hydrogen-bond donors (Lipinski definition) is 1. The van der Waals surface area contributed by atoms with Crippen LogP contribution in [0.4, 0.5) is 0 Å². The number of aliphatic hydroxyl groups is 1. The number of carbonyl (C=O) groups excluding carboxylic acids is 2. The van der Waals surface area contributed by atoms with E-state index in [1.807, 2.05) is 6.07 Å². The molecule has 2 aliphatic rings. The third kappa shape index (κ3) is 3.93. The van der Waals surface area contributed by atoms with Gasteiger partial charge in [-0.15, -0.1) is 0 Å². The monoisotopic (exact) mass is 473 g/mol. The van der Waals surface area contributed by atoms with Gasteiger partial charge >= 0.3 is 0 Å². The van der Waals surface area contributed by atoms with Crippen molar-refractivity contribution in [1.82, 2.24) is 4.90 Å². The number of rotatable bonds is 6. The summed E-state index contributed by atoms with van der Waals surface area (Å²) in [6.07, 6.45) is 0. The number of hydrogen-bond acceptors (Lipinski definition) is 7. The van der Waals surface area contributed by atoms with Gasteiger partial charge in [0, 0.05) is 6.54 Å². The highest BCUT2D eigenvalue weighted by molar-refractivity contribution is 6.46. The number of methoxy groups -OCH3 is 2. The number of likely N-dealkylation sites (tertiary alicyclic amines) is 1. The number of fused-ring (bicyclic) bond motifs is 1. The van der Waals surface area contributed by atoms with Crippen LogP contribution < -0.4 is 18.9 Å². The zero-order valence-electron chi connectivity index (χ0n) is 19.2. The minimum atomic E-state index is -0.847. The Morgan fingerprint density at radius 1 is 0.971 bits per heavy atom. The van der Waals surface area contributed by atoms with Crippen LogP contribution in [0.15, 0.2) is 72.3 Å². The maximum atomic E-state index is 13.3. The van der Waals surface area contributed by atoms with E-state index in [-0.39, 0.29) is 24.7 Å². The predicted molar refractivity (Wildman–Crippen MR) is 126 cm³/mol. The minimum Gasteiger partial charge on any atom is -0.507 e. The SMILES string of the molecule is COc1cccc(C2/C(=C(\O)c3ccccc3OC)C(=O)C(=O)N2Cc2ccc3c(c2)OCO3)c1. The molecular weight excluding hydrogens is 450 g/mol. The van der Waals surface area contributed by atoms with Crippen LogP contribution in [0.3, 0.4) is 0 Å². The van der Waals surface area contributed by atoms with Crippen molar-refractivity contribution in [1.29, 1.82) is 0 Å². The van der Waals surface area contributed by atoms with Gasteiger partial charge in [0.1, 0.15) is 17.3 Å². The Labute approximate surface area is 201 Å². The minimum absolute atomic E-state index is 0.0199. The van der Waals surface area contributed by atoms with Gasteiger partial charge in [-0.3, -0.25) is 9.59 Å². The van der Waals surface area contributed by atoms with Gasteiger partial charge in [0.05, 0.1) is 31.4 Å². The molecule has 178 valence electrons. The molecule has 8 nitrogen and oxygen atoms in total. The Morgan fingerprint density at radius 2 is 1.77 bits per heavy atom. The molecule has 0 radical (unpaired) electrons. The molecule has 1 amide bonds. The van der Waals surface area contributed by atoms with E-state index in [9.17, 15) is 14.7 Å². The largest absolute Gasteiger partial charge is 0.507 e. The Morgan fingerprint density at radius 3 is 2.57 bits per heavy atom. The first-order valence-electron chi connectivity index (χ1n) is 11.0. The van der Waals surface area contributed by atoms with E-state index in [2.05, 4.69) is 0 Å². The summed E-state index contributed by atoms with van der Waals surface area (Å²) < 4.78 is 21.6. The van der Waals surface area contributed by atoms with Gasteiger partial charge in [0.25, 0.3) is 11.7 Å². The van der Waals surface area contributed by atoms with Crippen LogP contribution in [0.5, 0.6) is 23.0 Å². The van der Waals surface area contributed by atoms with Crippen LogP contribution in [0.2, 0.25) is 0 Å². The molecule has 2 heterocycles. The van der Waals surface area contributed by atoms with E-state index in [1.54, 1.807) is 60.7 Å². The summed E-state index contributed by atoms with van der Waals surface area (Å²) in [6, 6.07) is 18.4. The molecule has 0 bridgehead atoms. The molecule has 1 saturated heterocycles. The van der Waals surface area contributed by atoms with Crippen molar-refractivity contribution >= 4 is 17.4 Å². The molecule has 35 heavy (non-hydrogen) atoms. The Hall–Kier alpha value is -4.46. The summed E-state index contributed by atoms with van der Waals surface area (Å²) in [4.78, 5) is 28.1. The summed E-state index contributed by atoms with van der Waals surface area (Å²) in [6.45, 7) is 0.248. The molecule has 3 aromatic carbocycles. The maximum Gasteiger partial charge on any atom is 0.295 e. The number of nitrogens with zero attached hydrogens (tertiary/aromatic N) is 1. The van der Waals surface area contributed by atoms with E-state index in [0.717, 1.165) is 5.56 Å². The lowest BCUT2D eigenvalue weighted by molar-refractivity contribution is -0.140. The highest BCUT2D eigenvalue weighted by Gasteiger charge is 2.46. The molecule has 0 aromatic heterocycles. The molecule has 0 aliphatic carbocycles. The normalized spacial score (nSPS) is 18.1. The number of benzene rings is 3. The number of amides is 1. The second kappa shape index (κ2) is 9.06. The van der Waals surface area contributed by atoms with Crippen molar-refractivity contribution < 1.29 is 33.6 Å². The van der Waals surface area contributed by atoms with Crippen molar-refractivity contribution in [3.63, 3.8) is 0 Å². The molecule has 2 aliphatic heterocycles. The Bertz CT molecular complexity index is 1350. The quantitative estimate of drug-likeness (QED) is 0.328. The summed E-state index contributed by atoms with van der Waals surface area (Å²) in [5.41, 5.74) is 1.68. The van der Waals surface area contributed by atoms with Crippen molar-refractivity contribution in [2.24, 2.45) is 0 Å². The number of aliphatic hydroxyl groups excluding tert-OH is 1. The molecule has 5 rings (SSSR count).